The first-order valence-electron chi connectivity index (χ1n) is 4.77. The van der Waals surface area contributed by atoms with Gasteiger partial charge in [-0.15, -0.1) is 0 Å². The molecule has 1 radical (unpaired) electrons. The van der Waals surface area contributed by atoms with Crippen molar-refractivity contribution in [1.29, 1.82) is 0 Å². The van der Waals surface area contributed by atoms with E-state index in [0.717, 1.165) is 16.7 Å². The summed E-state index contributed by atoms with van der Waals surface area (Å²) >= 11 is 0. The third kappa shape index (κ3) is 2.22. The van der Waals surface area contributed by atoms with Gasteiger partial charge in [-0.1, -0.05) is 30.3 Å². The summed E-state index contributed by atoms with van der Waals surface area (Å²) in [5, 5.41) is 0. The van der Waals surface area contributed by atoms with Crippen LogP contribution < -0.4 is 5.73 Å². The zero-order chi connectivity index (χ0) is 10.7. The highest BCUT2D eigenvalue weighted by atomic mass is 19.1. The summed E-state index contributed by atoms with van der Waals surface area (Å²) < 4.78 is 12.7. The van der Waals surface area contributed by atoms with Gasteiger partial charge in [-0.05, 0) is 34.9 Å². The molecule has 0 bridgehead atoms. The predicted octanol–water partition coefficient (Wildman–Crippen LogP) is 2.75. The minimum atomic E-state index is -0.228. The van der Waals surface area contributed by atoms with Crippen molar-refractivity contribution in [1.82, 2.24) is 0 Å². The molecule has 2 N–H and O–H groups in total. The molecule has 0 aromatic heterocycles. The Balaban J connectivity index is 2.40. The van der Waals surface area contributed by atoms with Crippen molar-refractivity contribution in [2.45, 2.75) is 6.54 Å². The lowest BCUT2D eigenvalue weighted by Crippen LogP contribution is -1.96. The van der Waals surface area contributed by atoms with Crippen molar-refractivity contribution in [3.63, 3.8) is 0 Å². The van der Waals surface area contributed by atoms with E-state index < -0.39 is 0 Å². The molecule has 0 aliphatic heterocycles. The molecular formula is C13H11FN. The average molecular weight is 200 g/mol. The van der Waals surface area contributed by atoms with E-state index in [1.54, 1.807) is 12.1 Å². The van der Waals surface area contributed by atoms with Gasteiger partial charge in [0.1, 0.15) is 5.82 Å². The van der Waals surface area contributed by atoms with Gasteiger partial charge in [0.2, 0.25) is 0 Å². The maximum Gasteiger partial charge on any atom is 0.123 e. The second-order valence-corrected chi connectivity index (χ2v) is 3.30. The second kappa shape index (κ2) is 4.24. The summed E-state index contributed by atoms with van der Waals surface area (Å²) in [6, 6.07) is 15.3. The first-order chi connectivity index (χ1) is 7.29. The van der Waals surface area contributed by atoms with E-state index in [-0.39, 0.29) is 5.82 Å². The van der Waals surface area contributed by atoms with Gasteiger partial charge in [-0.3, -0.25) is 0 Å². The standard InChI is InChI=1S/C13H11FN/c14-13-6-4-11(5-7-13)12-3-1-2-10(8-12)9-15/h1-7H,9,15H2. The first-order valence-corrected chi connectivity index (χ1v) is 4.77. The fourth-order valence-corrected chi connectivity index (χ4v) is 1.43. The Labute approximate surface area is 88.4 Å². The van der Waals surface area contributed by atoms with Crippen molar-refractivity contribution in [2.75, 3.05) is 0 Å². The minimum Gasteiger partial charge on any atom is -0.326 e. The molecule has 0 aliphatic carbocycles. The van der Waals surface area contributed by atoms with Crippen molar-refractivity contribution in [3.8, 4) is 11.1 Å². The molecule has 0 atom stereocenters. The molecule has 0 unspecified atom stereocenters. The van der Waals surface area contributed by atoms with Gasteiger partial charge in [-0.25, -0.2) is 4.39 Å². The lowest BCUT2D eigenvalue weighted by molar-refractivity contribution is 0.628. The molecular weight excluding hydrogens is 189 g/mol. The molecule has 75 valence electrons. The summed E-state index contributed by atoms with van der Waals surface area (Å²) in [6.45, 7) is 0.467. The molecule has 0 spiro atoms. The highest BCUT2D eigenvalue weighted by Crippen LogP contribution is 2.19. The van der Waals surface area contributed by atoms with E-state index in [9.17, 15) is 4.39 Å². The van der Waals surface area contributed by atoms with Crippen LogP contribution in [0.3, 0.4) is 0 Å². The van der Waals surface area contributed by atoms with Crippen LogP contribution in [0.25, 0.3) is 11.1 Å². The van der Waals surface area contributed by atoms with E-state index in [1.165, 1.54) is 12.1 Å². The number of rotatable bonds is 2. The summed E-state index contributed by atoms with van der Waals surface area (Å²) in [5.74, 6) is -0.228. The van der Waals surface area contributed by atoms with Crippen molar-refractivity contribution < 1.29 is 4.39 Å². The van der Waals surface area contributed by atoms with Crippen LogP contribution in [0.5, 0.6) is 0 Å². The van der Waals surface area contributed by atoms with Gasteiger partial charge in [0.15, 0.2) is 0 Å². The molecule has 2 heteroatoms. The normalized spacial score (nSPS) is 10.3. The molecule has 0 heterocycles. The van der Waals surface area contributed by atoms with E-state index in [2.05, 4.69) is 6.07 Å². The van der Waals surface area contributed by atoms with Crippen LogP contribution in [0, 0.1) is 11.9 Å². The molecule has 2 aromatic rings. The lowest BCUT2D eigenvalue weighted by Gasteiger charge is -2.02. The number of nitrogens with two attached hydrogens (primary N) is 1. The Bertz CT molecular complexity index is 448. The topological polar surface area (TPSA) is 26.0 Å². The van der Waals surface area contributed by atoms with E-state index in [0.29, 0.717) is 6.54 Å². The largest absolute Gasteiger partial charge is 0.326 e. The smallest absolute Gasteiger partial charge is 0.123 e. The van der Waals surface area contributed by atoms with Gasteiger partial charge in [-0.2, -0.15) is 0 Å². The van der Waals surface area contributed by atoms with Crippen molar-refractivity contribution >= 4 is 0 Å². The van der Waals surface area contributed by atoms with E-state index in [4.69, 9.17) is 5.73 Å². The third-order valence-electron chi connectivity index (χ3n) is 2.23. The molecule has 0 saturated carbocycles. The van der Waals surface area contributed by atoms with E-state index >= 15 is 0 Å². The second-order valence-electron chi connectivity index (χ2n) is 3.30. The van der Waals surface area contributed by atoms with Gasteiger partial charge >= 0.3 is 0 Å². The maximum atomic E-state index is 12.7. The van der Waals surface area contributed by atoms with Crippen LogP contribution in [0.2, 0.25) is 0 Å². The Morgan fingerprint density at radius 3 is 2.47 bits per heavy atom. The summed E-state index contributed by atoms with van der Waals surface area (Å²) in [4.78, 5) is 0. The summed E-state index contributed by atoms with van der Waals surface area (Å²) in [7, 11) is 0. The SMILES string of the molecule is NCc1[c]c(-c2ccc(F)cc2)ccc1. The van der Waals surface area contributed by atoms with Crippen molar-refractivity contribution in [2.24, 2.45) is 5.73 Å². The molecule has 0 saturated heterocycles. The summed E-state index contributed by atoms with van der Waals surface area (Å²) in [6.07, 6.45) is 0. The molecule has 0 amide bonds. The van der Waals surface area contributed by atoms with Crippen LogP contribution in [-0.4, -0.2) is 0 Å². The number of benzene rings is 2. The number of hydrogen-bond donors (Lipinski definition) is 1. The highest BCUT2D eigenvalue weighted by molar-refractivity contribution is 5.63. The highest BCUT2D eigenvalue weighted by Gasteiger charge is 1.99. The Kier molecular flexibility index (Phi) is 2.79. The van der Waals surface area contributed by atoms with Crippen molar-refractivity contribution in [3.05, 3.63) is 59.9 Å². The quantitative estimate of drug-likeness (QED) is 0.792. The zero-order valence-corrected chi connectivity index (χ0v) is 8.20. The molecule has 0 aliphatic rings. The fourth-order valence-electron chi connectivity index (χ4n) is 1.43. The fraction of sp³-hybridized carbons (Fsp3) is 0.0769. The van der Waals surface area contributed by atoms with E-state index in [1.807, 2.05) is 18.2 Å². The van der Waals surface area contributed by atoms with Crippen LogP contribution in [0.4, 0.5) is 4.39 Å². The molecule has 2 aromatic carbocycles. The maximum absolute atomic E-state index is 12.7. The third-order valence-corrected chi connectivity index (χ3v) is 2.23. The Morgan fingerprint density at radius 1 is 1.07 bits per heavy atom. The number of hydrogen-bond acceptors (Lipinski definition) is 1. The van der Waals surface area contributed by atoms with Crippen LogP contribution in [0.15, 0.2) is 42.5 Å². The predicted molar refractivity (Wildman–Crippen MR) is 58.6 cm³/mol. The van der Waals surface area contributed by atoms with Gasteiger partial charge in [0, 0.05) is 6.54 Å². The molecule has 1 nitrogen and oxygen atoms in total. The zero-order valence-electron chi connectivity index (χ0n) is 8.20. The van der Waals surface area contributed by atoms with Gasteiger partial charge in [0.25, 0.3) is 0 Å². The first kappa shape index (κ1) is 9.87. The molecule has 2 rings (SSSR count). The van der Waals surface area contributed by atoms with Crippen LogP contribution >= 0.6 is 0 Å². The van der Waals surface area contributed by atoms with Gasteiger partial charge < -0.3 is 5.73 Å². The number of halogens is 1. The summed E-state index contributed by atoms with van der Waals surface area (Å²) in [5.41, 5.74) is 8.38. The molecule has 15 heavy (non-hydrogen) atoms. The monoisotopic (exact) mass is 200 g/mol. The van der Waals surface area contributed by atoms with Crippen LogP contribution in [-0.2, 0) is 6.54 Å². The Morgan fingerprint density at radius 2 is 1.80 bits per heavy atom. The average Bonchev–Trinajstić information content (AvgIpc) is 2.30. The minimum absolute atomic E-state index is 0.228. The molecule has 0 fully saturated rings. The van der Waals surface area contributed by atoms with Crippen LogP contribution in [0.1, 0.15) is 5.56 Å². The lowest BCUT2D eigenvalue weighted by atomic mass is 10.0. The Hall–Kier alpha value is -1.67. The van der Waals surface area contributed by atoms with Gasteiger partial charge in [0.05, 0.1) is 0 Å².